The Morgan fingerprint density at radius 2 is 1.73 bits per heavy atom. The molecule has 6 nitrogen and oxygen atoms in total. The Bertz CT molecular complexity index is 854. The first-order valence-corrected chi connectivity index (χ1v) is 11.8. The van der Waals surface area contributed by atoms with Crippen LogP contribution in [-0.4, -0.2) is 62.2 Å². The van der Waals surface area contributed by atoms with Gasteiger partial charge in [-0.05, 0) is 42.8 Å². The highest BCUT2D eigenvalue weighted by Gasteiger charge is 2.12. The molecule has 0 spiro atoms. The average Bonchev–Trinajstić information content (AvgIpc) is 2.82. The third-order valence-electron chi connectivity index (χ3n) is 5.81. The predicted molar refractivity (Wildman–Crippen MR) is 148 cm³/mol. The fourth-order valence-electron chi connectivity index (χ4n) is 3.83. The summed E-state index contributed by atoms with van der Waals surface area (Å²) < 4.78 is 5.49. The normalized spacial score (nSPS) is 14.7. The number of nitrogens with zero attached hydrogens (tertiary/aromatic N) is 3. The molecule has 1 fully saturated rings. The second kappa shape index (κ2) is 15.3. The molecule has 1 saturated heterocycles. The van der Waals surface area contributed by atoms with Crippen LogP contribution in [0.4, 0.5) is 0 Å². The Labute approximate surface area is 216 Å². The van der Waals surface area contributed by atoms with E-state index in [1.165, 1.54) is 22.3 Å². The van der Waals surface area contributed by atoms with Gasteiger partial charge in [0.15, 0.2) is 5.96 Å². The van der Waals surface area contributed by atoms with Crippen LogP contribution in [0, 0.1) is 0 Å². The maximum atomic E-state index is 5.49. The number of guanidine groups is 1. The van der Waals surface area contributed by atoms with Crippen LogP contribution in [0.15, 0.2) is 53.5 Å². The molecule has 2 aromatic rings. The van der Waals surface area contributed by atoms with E-state index < -0.39 is 0 Å². The molecule has 0 aromatic heterocycles. The van der Waals surface area contributed by atoms with Gasteiger partial charge in [-0.3, -0.25) is 4.90 Å². The number of hydrogen-bond donors (Lipinski definition) is 2. The summed E-state index contributed by atoms with van der Waals surface area (Å²) in [6.45, 7) is 13.2. The fraction of sp³-hybridized carbons (Fsp3) is 0.500. The lowest BCUT2D eigenvalue weighted by molar-refractivity contribution is 0.0341. The number of halogens is 1. The molecule has 1 heterocycles. The van der Waals surface area contributed by atoms with Crippen molar-refractivity contribution in [2.24, 2.45) is 4.99 Å². The van der Waals surface area contributed by atoms with Gasteiger partial charge in [0.2, 0.25) is 0 Å². The molecular weight excluding hydrogens is 525 g/mol. The first kappa shape index (κ1) is 27.6. The zero-order valence-electron chi connectivity index (χ0n) is 20.3. The van der Waals surface area contributed by atoms with Gasteiger partial charge < -0.3 is 20.3 Å². The molecule has 2 N–H and O–H groups in total. The highest BCUT2D eigenvalue weighted by molar-refractivity contribution is 14.0. The minimum Gasteiger partial charge on any atom is -0.379 e. The molecule has 0 bridgehead atoms. The van der Waals surface area contributed by atoms with Gasteiger partial charge in [-0.2, -0.15) is 0 Å². The van der Waals surface area contributed by atoms with E-state index in [1.807, 2.05) is 0 Å². The van der Waals surface area contributed by atoms with Gasteiger partial charge in [0.1, 0.15) is 0 Å². The summed E-state index contributed by atoms with van der Waals surface area (Å²) in [5.74, 6) is 0.852. The van der Waals surface area contributed by atoms with Crippen molar-refractivity contribution in [3.8, 4) is 0 Å². The highest BCUT2D eigenvalue weighted by atomic mass is 127. The second-order valence-electron chi connectivity index (χ2n) is 8.36. The molecule has 0 aliphatic carbocycles. The van der Waals surface area contributed by atoms with E-state index in [1.54, 1.807) is 0 Å². The van der Waals surface area contributed by atoms with E-state index in [4.69, 9.17) is 9.73 Å². The van der Waals surface area contributed by atoms with Gasteiger partial charge in [0.25, 0.3) is 0 Å². The molecule has 2 aromatic carbocycles. The molecule has 0 atom stereocenters. The SMILES string of the molecule is CCNC(=NCc1cccc(CN(C)CC)c1)NCc1ccccc1CN1CCOCC1.I. The number of aliphatic imine (C=N–C) groups is 1. The van der Waals surface area contributed by atoms with Crippen molar-refractivity contribution in [1.29, 1.82) is 0 Å². The summed E-state index contributed by atoms with van der Waals surface area (Å²) in [5.41, 5.74) is 5.24. The average molecular weight is 566 g/mol. The lowest BCUT2D eigenvalue weighted by atomic mass is 10.1. The van der Waals surface area contributed by atoms with Crippen molar-refractivity contribution in [1.82, 2.24) is 20.4 Å². The maximum Gasteiger partial charge on any atom is 0.191 e. The summed E-state index contributed by atoms with van der Waals surface area (Å²) in [5, 5.41) is 6.91. The minimum absolute atomic E-state index is 0. The zero-order chi connectivity index (χ0) is 22.6. The molecule has 7 heteroatoms. The molecule has 0 amide bonds. The van der Waals surface area contributed by atoms with Gasteiger partial charge in [-0.1, -0.05) is 55.5 Å². The minimum atomic E-state index is 0. The van der Waals surface area contributed by atoms with Crippen molar-refractivity contribution in [3.63, 3.8) is 0 Å². The Morgan fingerprint density at radius 1 is 1.00 bits per heavy atom. The first-order chi connectivity index (χ1) is 15.7. The standard InChI is InChI=1S/C26H39N5O.HI/c1-4-27-26(28-18-22-9-8-10-23(17-22)20-30(3)5-2)29-19-24-11-6-7-12-25(24)21-31-13-15-32-16-14-31;/h6-12,17H,4-5,13-16,18-21H2,1-3H3,(H2,27,28,29);1H. The van der Waals surface area contributed by atoms with Crippen LogP contribution >= 0.6 is 24.0 Å². The van der Waals surface area contributed by atoms with Gasteiger partial charge in [-0.25, -0.2) is 4.99 Å². The Kier molecular flexibility index (Phi) is 12.8. The van der Waals surface area contributed by atoms with Crippen LogP contribution in [0.3, 0.4) is 0 Å². The molecule has 1 aliphatic heterocycles. The highest BCUT2D eigenvalue weighted by Crippen LogP contribution is 2.13. The van der Waals surface area contributed by atoms with Crippen LogP contribution in [0.25, 0.3) is 0 Å². The lowest BCUT2D eigenvalue weighted by Crippen LogP contribution is -2.38. The number of benzene rings is 2. The first-order valence-electron chi connectivity index (χ1n) is 11.8. The molecule has 3 rings (SSSR count). The molecular formula is C26H40IN5O. The Morgan fingerprint density at radius 3 is 2.45 bits per heavy atom. The van der Waals surface area contributed by atoms with Crippen LogP contribution < -0.4 is 10.6 Å². The van der Waals surface area contributed by atoms with E-state index in [2.05, 4.69) is 89.9 Å². The largest absolute Gasteiger partial charge is 0.379 e. The van der Waals surface area contributed by atoms with E-state index in [-0.39, 0.29) is 24.0 Å². The number of hydrogen-bond acceptors (Lipinski definition) is 4. The molecule has 0 unspecified atom stereocenters. The predicted octanol–water partition coefficient (Wildman–Crippen LogP) is 3.84. The molecule has 1 aliphatic rings. The topological polar surface area (TPSA) is 52.1 Å². The van der Waals surface area contributed by atoms with Gasteiger partial charge in [-0.15, -0.1) is 24.0 Å². The fourth-order valence-corrected chi connectivity index (χ4v) is 3.83. The third-order valence-corrected chi connectivity index (χ3v) is 5.81. The summed E-state index contributed by atoms with van der Waals surface area (Å²) in [6.07, 6.45) is 0. The molecule has 33 heavy (non-hydrogen) atoms. The summed E-state index contributed by atoms with van der Waals surface area (Å²) in [6, 6.07) is 17.4. The monoisotopic (exact) mass is 565 g/mol. The molecule has 0 saturated carbocycles. The van der Waals surface area contributed by atoms with Crippen molar-refractivity contribution < 1.29 is 4.74 Å². The van der Waals surface area contributed by atoms with Gasteiger partial charge in [0.05, 0.1) is 19.8 Å². The second-order valence-corrected chi connectivity index (χ2v) is 8.36. The van der Waals surface area contributed by atoms with Gasteiger partial charge >= 0.3 is 0 Å². The van der Waals surface area contributed by atoms with E-state index in [9.17, 15) is 0 Å². The van der Waals surface area contributed by atoms with Gasteiger partial charge in [0, 0.05) is 39.3 Å². The number of ether oxygens (including phenoxy) is 1. The molecule has 182 valence electrons. The Hall–Kier alpha value is -1.68. The zero-order valence-corrected chi connectivity index (χ0v) is 22.7. The van der Waals surface area contributed by atoms with Crippen molar-refractivity contribution in [2.45, 2.75) is 40.0 Å². The van der Waals surface area contributed by atoms with Crippen LogP contribution in [0.2, 0.25) is 0 Å². The van der Waals surface area contributed by atoms with Crippen molar-refractivity contribution >= 4 is 29.9 Å². The van der Waals surface area contributed by atoms with Crippen LogP contribution in [0.1, 0.15) is 36.1 Å². The summed E-state index contributed by atoms with van der Waals surface area (Å²) in [7, 11) is 2.15. The summed E-state index contributed by atoms with van der Waals surface area (Å²) in [4.78, 5) is 9.61. The van der Waals surface area contributed by atoms with Crippen molar-refractivity contribution in [3.05, 3.63) is 70.8 Å². The smallest absolute Gasteiger partial charge is 0.191 e. The quantitative estimate of drug-likeness (QED) is 0.261. The van der Waals surface area contributed by atoms with E-state index in [0.717, 1.165) is 65.0 Å². The van der Waals surface area contributed by atoms with Crippen LogP contribution in [-0.2, 0) is 30.9 Å². The molecule has 0 radical (unpaired) electrons. The maximum absolute atomic E-state index is 5.49. The number of rotatable bonds is 10. The lowest BCUT2D eigenvalue weighted by Gasteiger charge is -2.27. The Balaban J connectivity index is 0.00000385. The van der Waals surface area contributed by atoms with Crippen molar-refractivity contribution in [2.75, 3.05) is 46.4 Å². The van der Waals surface area contributed by atoms with Crippen LogP contribution in [0.5, 0.6) is 0 Å². The van der Waals surface area contributed by atoms with E-state index >= 15 is 0 Å². The number of morpholine rings is 1. The third kappa shape index (κ3) is 9.60. The summed E-state index contributed by atoms with van der Waals surface area (Å²) >= 11 is 0. The van der Waals surface area contributed by atoms with E-state index in [0.29, 0.717) is 6.54 Å². The number of nitrogens with one attached hydrogen (secondary N) is 2.